The second kappa shape index (κ2) is 13.0. The van der Waals surface area contributed by atoms with Gasteiger partial charge in [0, 0.05) is 19.0 Å². The van der Waals surface area contributed by atoms with Gasteiger partial charge >= 0.3 is 6.09 Å². The molecule has 37 heavy (non-hydrogen) atoms. The van der Waals surface area contributed by atoms with Crippen molar-refractivity contribution in [3.8, 4) is 11.5 Å². The Hall–Kier alpha value is -3.75. The third kappa shape index (κ3) is 9.33. The van der Waals surface area contributed by atoms with Gasteiger partial charge in [-0.2, -0.15) is 0 Å². The number of hydrogen-bond acceptors (Lipinski definition) is 6. The summed E-state index contributed by atoms with van der Waals surface area (Å²) >= 11 is 0. The summed E-state index contributed by atoms with van der Waals surface area (Å²) in [6.07, 6.45) is -0.0748. The highest BCUT2D eigenvalue weighted by Crippen LogP contribution is 2.26. The Kier molecular flexibility index (Phi) is 10.3. The molecule has 0 fully saturated rings. The van der Waals surface area contributed by atoms with Gasteiger partial charge in [0.05, 0.1) is 0 Å². The van der Waals surface area contributed by atoms with Crippen molar-refractivity contribution in [2.45, 2.75) is 78.1 Å². The molecule has 9 heteroatoms. The Morgan fingerprint density at radius 1 is 0.919 bits per heavy atom. The molecule has 0 saturated heterocycles. The van der Waals surface area contributed by atoms with E-state index in [1.165, 1.54) is 29.2 Å². The van der Waals surface area contributed by atoms with Crippen molar-refractivity contribution < 1.29 is 29.3 Å². The lowest BCUT2D eigenvalue weighted by atomic mass is 9.99. The molecule has 0 aliphatic rings. The van der Waals surface area contributed by atoms with E-state index >= 15 is 0 Å². The van der Waals surface area contributed by atoms with Crippen LogP contribution in [-0.2, 0) is 20.7 Å². The fourth-order valence-electron chi connectivity index (χ4n) is 3.82. The van der Waals surface area contributed by atoms with Gasteiger partial charge in [0.25, 0.3) is 0 Å². The van der Waals surface area contributed by atoms with E-state index in [-0.39, 0.29) is 36.4 Å². The molecule has 2 aromatic rings. The molecule has 202 valence electrons. The minimum absolute atomic E-state index is 0.0388. The first kappa shape index (κ1) is 29.5. The molecule has 2 unspecified atom stereocenters. The summed E-state index contributed by atoms with van der Waals surface area (Å²) < 4.78 is 5.41. The molecule has 3 amide bonds. The van der Waals surface area contributed by atoms with Crippen LogP contribution in [-0.4, -0.2) is 57.3 Å². The Bertz CT molecular complexity index is 1050. The number of nitrogens with zero attached hydrogens (tertiary/aromatic N) is 1. The summed E-state index contributed by atoms with van der Waals surface area (Å²) in [6, 6.07) is 10.3. The fourth-order valence-corrected chi connectivity index (χ4v) is 3.82. The van der Waals surface area contributed by atoms with Gasteiger partial charge in [-0.25, -0.2) is 4.79 Å². The van der Waals surface area contributed by atoms with E-state index in [4.69, 9.17) is 4.74 Å². The van der Waals surface area contributed by atoms with Gasteiger partial charge in [-0.15, -0.1) is 0 Å². The summed E-state index contributed by atoms with van der Waals surface area (Å²) in [7, 11) is 0. The number of benzene rings is 2. The average molecular weight is 514 g/mol. The first-order chi connectivity index (χ1) is 17.3. The van der Waals surface area contributed by atoms with Crippen LogP contribution in [0.15, 0.2) is 48.5 Å². The summed E-state index contributed by atoms with van der Waals surface area (Å²) in [5, 5.41) is 25.0. The molecule has 4 N–H and O–H groups in total. The fraction of sp³-hybridized carbons (Fsp3) is 0.464. The first-order valence-electron chi connectivity index (χ1n) is 12.5. The molecule has 2 atom stereocenters. The van der Waals surface area contributed by atoms with Gasteiger partial charge in [0.2, 0.25) is 11.8 Å². The maximum atomic E-state index is 14.1. The second-order valence-corrected chi connectivity index (χ2v) is 10.3. The Morgan fingerprint density at radius 3 is 1.95 bits per heavy atom. The predicted molar refractivity (Wildman–Crippen MR) is 141 cm³/mol. The Labute approximate surface area is 218 Å². The highest BCUT2D eigenvalue weighted by Gasteiger charge is 2.36. The number of ether oxygens (including phenoxy) is 1. The SMILES string of the molecule is CCCN(C(=O)C(Cc1ccc(O)cc1)NC(=O)OC(C)(C)C)C(C(=O)NC(C)C)c1ccc(O)cc1. The van der Waals surface area contributed by atoms with Crippen LogP contribution < -0.4 is 10.6 Å². The topological polar surface area (TPSA) is 128 Å². The van der Waals surface area contributed by atoms with E-state index in [0.717, 1.165) is 0 Å². The van der Waals surface area contributed by atoms with Crippen molar-refractivity contribution in [3.63, 3.8) is 0 Å². The quantitative estimate of drug-likeness (QED) is 0.380. The largest absolute Gasteiger partial charge is 0.508 e. The Morgan fingerprint density at radius 2 is 1.46 bits per heavy atom. The molecule has 0 saturated carbocycles. The number of phenols is 2. The highest BCUT2D eigenvalue weighted by molar-refractivity contribution is 5.92. The zero-order valence-electron chi connectivity index (χ0n) is 22.4. The summed E-state index contributed by atoms with van der Waals surface area (Å²) in [4.78, 5) is 41.6. The van der Waals surface area contributed by atoms with E-state index in [0.29, 0.717) is 17.5 Å². The molecular weight excluding hydrogens is 474 g/mol. The third-order valence-electron chi connectivity index (χ3n) is 5.31. The van der Waals surface area contributed by atoms with Crippen LogP contribution in [0.4, 0.5) is 4.79 Å². The van der Waals surface area contributed by atoms with Gasteiger partial charge in [0.1, 0.15) is 29.2 Å². The van der Waals surface area contributed by atoms with Crippen LogP contribution in [0.5, 0.6) is 11.5 Å². The second-order valence-electron chi connectivity index (χ2n) is 10.3. The highest BCUT2D eigenvalue weighted by atomic mass is 16.6. The number of amides is 3. The van der Waals surface area contributed by atoms with Gasteiger partial charge in [0.15, 0.2) is 0 Å². The van der Waals surface area contributed by atoms with Gasteiger partial charge < -0.3 is 30.5 Å². The van der Waals surface area contributed by atoms with Gasteiger partial charge in [-0.3, -0.25) is 9.59 Å². The number of phenolic OH excluding ortho intramolecular Hbond substituents is 2. The lowest BCUT2D eigenvalue weighted by Crippen LogP contribution is -2.54. The third-order valence-corrected chi connectivity index (χ3v) is 5.31. The molecule has 2 rings (SSSR count). The molecule has 0 aromatic heterocycles. The molecule has 0 aliphatic carbocycles. The molecule has 0 aliphatic heterocycles. The zero-order valence-corrected chi connectivity index (χ0v) is 22.4. The molecule has 0 bridgehead atoms. The maximum absolute atomic E-state index is 14.1. The summed E-state index contributed by atoms with van der Waals surface area (Å²) in [5.74, 6) is -0.713. The van der Waals surface area contributed by atoms with Gasteiger partial charge in [-0.05, 0) is 76.4 Å². The number of alkyl carbamates (subject to hydrolysis) is 1. The van der Waals surface area contributed by atoms with Crippen LogP contribution >= 0.6 is 0 Å². The molecule has 0 spiro atoms. The van der Waals surface area contributed by atoms with Crippen LogP contribution in [0.2, 0.25) is 0 Å². The number of nitrogens with one attached hydrogen (secondary N) is 2. The van der Waals surface area contributed by atoms with Crippen LogP contribution in [0.1, 0.15) is 65.1 Å². The minimum Gasteiger partial charge on any atom is -0.508 e. The van der Waals surface area contributed by atoms with E-state index in [9.17, 15) is 24.6 Å². The van der Waals surface area contributed by atoms with E-state index in [2.05, 4.69) is 10.6 Å². The van der Waals surface area contributed by atoms with Crippen molar-refractivity contribution >= 4 is 17.9 Å². The van der Waals surface area contributed by atoms with E-state index < -0.39 is 29.7 Å². The van der Waals surface area contributed by atoms with Gasteiger partial charge in [-0.1, -0.05) is 31.2 Å². The average Bonchev–Trinajstić information content (AvgIpc) is 2.78. The van der Waals surface area contributed by atoms with E-state index in [1.807, 2.05) is 20.8 Å². The van der Waals surface area contributed by atoms with Crippen LogP contribution in [0.3, 0.4) is 0 Å². The van der Waals surface area contributed by atoms with Crippen LogP contribution in [0, 0.1) is 0 Å². The first-order valence-corrected chi connectivity index (χ1v) is 12.5. The van der Waals surface area contributed by atoms with Crippen molar-refractivity contribution in [3.05, 3.63) is 59.7 Å². The molecule has 0 radical (unpaired) electrons. The molecule has 0 heterocycles. The van der Waals surface area contributed by atoms with Crippen LogP contribution in [0.25, 0.3) is 0 Å². The summed E-state index contributed by atoms with van der Waals surface area (Å²) in [6.45, 7) is 11.0. The number of carbonyl (C=O) groups excluding carboxylic acids is 3. The predicted octanol–water partition coefficient (Wildman–Crippen LogP) is 4.04. The standard InChI is InChI=1S/C28H39N3O6/c1-7-16-31(24(25(34)29-18(2)3)20-10-14-22(33)15-11-20)26(35)23(30-27(36)37-28(4,5)6)17-19-8-12-21(32)13-9-19/h8-15,18,23-24,32-33H,7,16-17H2,1-6H3,(H,29,34)(H,30,36). The number of rotatable bonds is 10. The number of carbonyl (C=O) groups is 3. The zero-order chi connectivity index (χ0) is 27.8. The molecule has 9 nitrogen and oxygen atoms in total. The lowest BCUT2D eigenvalue weighted by molar-refractivity contribution is -0.142. The van der Waals surface area contributed by atoms with E-state index in [1.54, 1.807) is 45.0 Å². The lowest BCUT2D eigenvalue weighted by Gasteiger charge is -2.34. The normalized spacial score (nSPS) is 12.9. The number of hydrogen-bond donors (Lipinski definition) is 4. The maximum Gasteiger partial charge on any atom is 0.408 e. The molecule has 2 aromatic carbocycles. The van der Waals surface area contributed by atoms with Crippen molar-refractivity contribution in [1.29, 1.82) is 0 Å². The van der Waals surface area contributed by atoms with Crippen molar-refractivity contribution in [2.75, 3.05) is 6.54 Å². The molecular formula is C28H39N3O6. The van der Waals surface area contributed by atoms with Crippen molar-refractivity contribution in [1.82, 2.24) is 15.5 Å². The Balaban J connectivity index is 2.50. The smallest absolute Gasteiger partial charge is 0.408 e. The monoisotopic (exact) mass is 513 g/mol. The summed E-state index contributed by atoms with van der Waals surface area (Å²) in [5.41, 5.74) is 0.459. The van der Waals surface area contributed by atoms with Crippen molar-refractivity contribution in [2.24, 2.45) is 0 Å². The number of aromatic hydroxyl groups is 2. The minimum atomic E-state index is -1.04.